The molecule has 4 aromatic heterocycles. The molecular weight excluding hydrogens is 438 g/mol. The Morgan fingerprint density at radius 2 is 1.97 bits per heavy atom. The van der Waals surface area contributed by atoms with Gasteiger partial charge in [-0.05, 0) is 33.3 Å². The third-order valence-corrected chi connectivity index (χ3v) is 7.11. The van der Waals surface area contributed by atoms with Gasteiger partial charge in [0.1, 0.15) is 27.8 Å². The molecule has 0 spiro atoms. The monoisotopic (exact) mass is 459 g/mol. The number of carbonyl (C=O) groups is 1. The molecule has 0 aromatic carbocycles. The number of nitrogens with two attached hydrogens (primary N) is 1. The van der Waals surface area contributed by atoms with Crippen molar-refractivity contribution < 1.29 is 13.9 Å². The van der Waals surface area contributed by atoms with E-state index in [4.69, 9.17) is 14.9 Å². The van der Waals surface area contributed by atoms with Crippen LogP contribution in [0.3, 0.4) is 0 Å². The van der Waals surface area contributed by atoms with Gasteiger partial charge in [0.15, 0.2) is 5.16 Å². The number of thiophene rings is 1. The lowest BCUT2D eigenvalue weighted by Gasteiger charge is -2.07. The first kappa shape index (κ1) is 21.3. The number of fused-ring (bicyclic) bond motifs is 2. The van der Waals surface area contributed by atoms with Gasteiger partial charge in [0, 0.05) is 11.9 Å². The van der Waals surface area contributed by atoms with E-state index in [9.17, 15) is 9.59 Å². The Balaban J connectivity index is 1.68. The molecule has 0 aliphatic heterocycles. The van der Waals surface area contributed by atoms with Gasteiger partial charge in [-0.25, -0.2) is 14.8 Å². The number of furan rings is 1. The van der Waals surface area contributed by atoms with Gasteiger partial charge in [-0.1, -0.05) is 11.8 Å². The fourth-order valence-corrected chi connectivity index (χ4v) is 5.21. The van der Waals surface area contributed by atoms with E-state index in [1.165, 1.54) is 27.7 Å². The first-order valence-corrected chi connectivity index (χ1v) is 11.3. The van der Waals surface area contributed by atoms with E-state index in [0.717, 1.165) is 15.3 Å². The highest BCUT2D eigenvalue weighted by Crippen LogP contribution is 2.31. The summed E-state index contributed by atoms with van der Waals surface area (Å²) in [5.41, 5.74) is 7.49. The molecule has 31 heavy (non-hydrogen) atoms. The number of ether oxygens (including phenoxy) is 1. The molecule has 0 unspecified atom stereocenters. The van der Waals surface area contributed by atoms with Gasteiger partial charge in [0.25, 0.3) is 5.56 Å². The van der Waals surface area contributed by atoms with Gasteiger partial charge in [-0.15, -0.1) is 11.3 Å². The van der Waals surface area contributed by atoms with E-state index >= 15 is 0 Å². The number of aromatic nitrogens is 4. The van der Waals surface area contributed by atoms with Crippen molar-refractivity contribution in [2.75, 3.05) is 12.3 Å². The maximum atomic E-state index is 12.8. The maximum absolute atomic E-state index is 12.8. The molecule has 4 aromatic rings. The quantitative estimate of drug-likeness (QED) is 0.271. The summed E-state index contributed by atoms with van der Waals surface area (Å²) < 4.78 is 12.3. The molecule has 162 valence electrons. The van der Waals surface area contributed by atoms with Gasteiger partial charge in [0.05, 0.1) is 23.1 Å². The minimum Gasteiger partial charge on any atom is -0.462 e. The smallest absolute Gasteiger partial charge is 0.342 e. The highest BCUT2D eigenvalue weighted by atomic mass is 32.2. The van der Waals surface area contributed by atoms with Crippen molar-refractivity contribution in [1.29, 1.82) is 0 Å². The van der Waals surface area contributed by atoms with Crippen LogP contribution in [0.4, 0.5) is 5.82 Å². The van der Waals surface area contributed by atoms with Crippen molar-refractivity contribution in [2.45, 2.75) is 38.6 Å². The normalized spacial score (nSPS) is 11.5. The molecule has 0 radical (unpaired) electrons. The number of rotatable bonds is 5. The lowest BCUT2D eigenvalue weighted by Crippen LogP contribution is -2.19. The summed E-state index contributed by atoms with van der Waals surface area (Å²) in [6.07, 6.45) is 0. The summed E-state index contributed by atoms with van der Waals surface area (Å²) in [5.74, 6) is 0.723. The first-order valence-electron chi connectivity index (χ1n) is 9.55. The van der Waals surface area contributed by atoms with Crippen LogP contribution in [0.15, 0.2) is 14.4 Å². The second kappa shape index (κ2) is 7.97. The lowest BCUT2D eigenvalue weighted by atomic mass is 10.2. The number of carbonyl (C=O) groups excluding carboxylic acids is 1. The summed E-state index contributed by atoms with van der Waals surface area (Å²) >= 11 is 2.84. The van der Waals surface area contributed by atoms with Crippen LogP contribution in [0.2, 0.25) is 0 Å². The second-order valence-electron chi connectivity index (χ2n) is 6.97. The Kier molecular flexibility index (Phi) is 5.48. The topological polar surface area (TPSA) is 126 Å². The van der Waals surface area contributed by atoms with Crippen LogP contribution < -0.4 is 11.3 Å². The Bertz CT molecular complexity index is 1400. The Morgan fingerprint density at radius 3 is 2.68 bits per heavy atom. The summed E-state index contributed by atoms with van der Waals surface area (Å²) in [6.45, 7) is 7.53. The van der Waals surface area contributed by atoms with Crippen LogP contribution in [0.25, 0.3) is 21.3 Å². The third-order valence-electron chi connectivity index (χ3n) is 4.98. The number of thioether (sulfide) groups is 1. The zero-order valence-corrected chi connectivity index (χ0v) is 19.4. The summed E-state index contributed by atoms with van der Waals surface area (Å²) in [5, 5.41) is 1.57. The molecule has 9 nitrogen and oxygen atoms in total. The number of aryl methyl sites for hydroxylation is 3. The fraction of sp³-hybridized carbons (Fsp3) is 0.350. The largest absolute Gasteiger partial charge is 0.462 e. The summed E-state index contributed by atoms with van der Waals surface area (Å²) in [7, 11) is 1.70. The van der Waals surface area contributed by atoms with E-state index in [1.807, 2.05) is 13.8 Å². The van der Waals surface area contributed by atoms with Crippen molar-refractivity contribution in [1.82, 2.24) is 19.5 Å². The van der Waals surface area contributed by atoms with Crippen molar-refractivity contribution in [2.24, 2.45) is 7.05 Å². The summed E-state index contributed by atoms with van der Waals surface area (Å²) in [4.78, 5) is 40.2. The molecule has 4 rings (SSSR count). The van der Waals surface area contributed by atoms with Crippen molar-refractivity contribution >= 4 is 56.2 Å². The van der Waals surface area contributed by atoms with Crippen LogP contribution >= 0.6 is 23.1 Å². The molecule has 4 heterocycles. The Hall–Kier alpha value is -2.92. The average molecular weight is 460 g/mol. The Labute approximate surface area is 185 Å². The van der Waals surface area contributed by atoms with E-state index in [2.05, 4.69) is 15.0 Å². The number of nitrogens with zero attached hydrogens (tertiary/aromatic N) is 4. The number of hydrogen-bond donors (Lipinski definition) is 1. The minimum atomic E-state index is -0.523. The minimum absolute atomic E-state index is 0.0778. The van der Waals surface area contributed by atoms with Crippen LogP contribution in [0.5, 0.6) is 0 Å². The lowest BCUT2D eigenvalue weighted by molar-refractivity contribution is 0.0526. The first-order chi connectivity index (χ1) is 14.7. The van der Waals surface area contributed by atoms with Crippen LogP contribution in [0.1, 0.15) is 39.3 Å². The molecule has 0 aliphatic carbocycles. The van der Waals surface area contributed by atoms with E-state index in [-0.39, 0.29) is 29.3 Å². The van der Waals surface area contributed by atoms with Gasteiger partial charge >= 0.3 is 5.97 Å². The predicted molar refractivity (Wildman–Crippen MR) is 121 cm³/mol. The molecule has 0 aliphatic rings. The molecule has 2 N–H and O–H groups in total. The van der Waals surface area contributed by atoms with E-state index < -0.39 is 5.97 Å². The van der Waals surface area contributed by atoms with Gasteiger partial charge in [-0.2, -0.15) is 4.98 Å². The number of nitrogen functional groups attached to an aromatic ring is 1. The van der Waals surface area contributed by atoms with Gasteiger partial charge in [-0.3, -0.25) is 9.36 Å². The molecule has 0 saturated carbocycles. The maximum Gasteiger partial charge on any atom is 0.342 e. The molecule has 0 fully saturated rings. The number of hydrogen-bond acceptors (Lipinski definition) is 10. The molecule has 0 saturated heterocycles. The van der Waals surface area contributed by atoms with Gasteiger partial charge in [0.2, 0.25) is 5.71 Å². The highest BCUT2D eigenvalue weighted by molar-refractivity contribution is 7.98. The summed E-state index contributed by atoms with van der Waals surface area (Å²) in [6, 6.07) is 0. The van der Waals surface area contributed by atoms with Crippen molar-refractivity contribution in [3.8, 4) is 0 Å². The van der Waals surface area contributed by atoms with Crippen LogP contribution in [-0.2, 0) is 17.5 Å². The average Bonchev–Trinajstić information content (AvgIpc) is 3.19. The zero-order valence-electron chi connectivity index (χ0n) is 17.7. The zero-order chi connectivity index (χ0) is 22.4. The second-order valence-corrected chi connectivity index (χ2v) is 9.12. The molecule has 11 heteroatoms. The predicted octanol–water partition coefficient (Wildman–Crippen LogP) is 3.51. The van der Waals surface area contributed by atoms with Gasteiger partial charge < -0.3 is 14.9 Å². The standard InChI is InChI=1S/C20H21N5O4S2/c1-6-28-19(27)13-9(3)29-16-14(13)15(21)22-11(23-16)7-30-20-24-17-12(18(26)25(20)5)8(2)10(4)31-17/h6-7H2,1-5H3,(H2,21,22,23). The highest BCUT2D eigenvalue weighted by Gasteiger charge is 2.24. The third kappa shape index (κ3) is 3.57. The SMILES string of the molecule is CCOC(=O)c1c(C)oc2nc(CSc3nc4sc(C)c(C)c4c(=O)n3C)nc(N)c12. The van der Waals surface area contributed by atoms with E-state index in [1.54, 1.807) is 20.9 Å². The van der Waals surface area contributed by atoms with Crippen molar-refractivity contribution in [3.63, 3.8) is 0 Å². The molecule has 0 bridgehead atoms. The number of esters is 1. The van der Waals surface area contributed by atoms with E-state index in [0.29, 0.717) is 33.3 Å². The molecule has 0 atom stereocenters. The van der Waals surface area contributed by atoms with Crippen molar-refractivity contribution in [3.05, 3.63) is 37.9 Å². The molecular formula is C20H21N5O4S2. The van der Waals surface area contributed by atoms with Crippen LogP contribution in [-0.4, -0.2) is 32.1 Å². The molecule has 0 amide bonds. The fourth-order valence-electron chi connectivity index (χ4n) is 3.31. The Morgan fingerprint density at radius 1 is 1.23 bits per heavy atom. The van der Waals surface area contributed by atoms with Crippen LogP contribution in [0, 0.1) is 20.8 Å². The number of anilines is 1.